The van der Waals surface area contributed by atoms with Crippen molar-refractivity contribution in [1.82, 2.24) is 9.97 Å². The van der Waals surface area contributed by atoms with Crippen molar-refractivity contribution < 1.29 is 4.42 Å². The van der Waals surface area contributed by atoms with Gasteiger partial charge in [0.2, 0.25) is 5.43 Å². The number of nitrogens with one attached hydrogen (secondary N) is 1. The second-order valence-corrected chi connectivity index (χ2v) is 7.74. The summed E-state index contributed by atoms with van der Waals surface area (Å²) < 4.78 is 6.21. The molecule has 1 N–H and O–H groups in total. The van der Waals surface area contributed by atoms with Crippen molar-refractivity contribution in [2.24, 2.45) is 0 Å². The quantitative estimate of drug-likeness (QED) is 0.426. The van der Waals surface area contributed by atoms with Gasteiger partial charge in [-0.05, 0) is 56.7 Å². The summed E-state index contributed by atoms with van der Waals surface area (Å²) in [6, 6.07) is 12.6. The Hall–Kier alpha value is -3.69. The van der Waals surface area contributed by atoms with Crippen LogP contribution in [0.1, 0.15) is 35.3 Å². The molecule has 3 heterocycles. The Labute approximate surface area is 184 Å². The van der Waals surface area contributed by atoms with Gasteiger partial charge in [-0.3, -0.25) is 9.78 Å². The third kappa shape index (κ3) is 3.88. The number of nitriles is 1. The van der Waals surface area contributed by atoms with E-state index in [0.717, 1.165) is 22.5 Å². The van der Waals surface area contributed by atoms with E-state index in [9.17, 15) is 10.1 Å². The van der Waals surface area contributed by atoms with Crippen LogP contribution in [-0.4, -0.2) is 9.97 Å². The fraction of sp³-hybridized carbons (Fsp3) is 0.167. The maximum absolute atomic E-state index is 13.2. The normalized spacial score (nSPS) is 11.8. The molecule has 154 valence electrons. The minimum atomic E-state index is -0.357. The van der Waals surface area contributed by atoms with Crippen LogP contribution in [0.4, 0.5) is 5.69 Å². The number of pyridine rings is 2. The molecule has 0 saturated heterocycles. The highest BCUT2D eigenvalue weighted by Crippen LogP contribution is 2.32. The smallest absolute Gasteiger partial charge is 0.211 e. The summed E-state index contributed by atoms with van der Waals surface area (Å²) in [7, 11) is 0. The molecule has 0 unspecified atom stereocenters. The van der Waals surface area contributed by atoms with Crippen LogP contribution in [0.15, 0.2) is 58.0 Å². The molecule has 1 atom stereocenters. The summed E-state index contributed by atoms with van der Waals surface area (Å²) in [5.74, 6) is 0.217. The van der Waals surface area contributed by atoms with Crippen LogP contribution in [0.25, 0.3) is 22.3 Å². The fourth-order valence-corrected chi connectivity index (χ4v) is 3.78. The summed E-state index contributed by atoms with van der Waals surface area (Å²) in [6.45, 7) is 5.75. The molecule has 1 aromatic carbocycles. The zero-order valence-electron chi connectivity index (χ0n) is 17.2. The molecule has 0 aliphatic carbocycles. The average molecular weight is 431 g/mol. The van der Waals surface area contributed by atoms with Gasteiger partial charge >= 0.3 is 0 Å². The SMILES string of the molecule is Cc1cc([C@@H](C)Nc2ccc(Cl)nc2C)c2oc(-c3cccnc3)c(C#N)c(=O)c2c1. The molecule has 0 bridgehead atoms. The lowest BCUT2D eigenvalue weighted by Crippen LogP contribution is -2.13. The molecular formula is C24H19ClN4O2. The van der Waals surface area contributed by atoms with Crippen LogP contribution in [0, 0.1) is 25.2 Å². The van der Waals surface area contributed by atoms with Gasteiger partial charge in [-0.2, -0.15) is 5.26 Å². The number of benzene rings is 1. The average Bonchev–Trinajstić information content (AvgIpc) is 2.76. The highest BCUT2D eigenvalue weighted by Gasteiger charge is 2.21. The van der Waals surface area contributed by atoms with Crippen LogP contribution >= 0.6 is 11.6 Å². The van der Waals surface area contributed by atoms with Crippen molar-refractivity contribution in [2.45, 2.75) is 26.8 Å². The number of nitrogens with zero attached hydrogens (tertiary/aromatic N) is 3. The van der Waals surface area contributed by atoms with Gasteiger partial charge in [-0.1, -0.05) is 17.7 Å². The zero-order chi connectivity index (χ0) is 22.1. The van der Waals surface area contributed by atoms with E-state index < -0.39 is 0 Å². The van der Waals surface area contributed by atoms with E-state index in [1.807, 2.05) is 39.0 Å². The zero-order valence-corrected chi connectivity index (χ0v) is 18.0. The molecule has 0 aliphatic heterocycles. The summed E-state index contributed by atoms with van der Waals surface area (Å²) in [5, 5.41) is 13.9. The van der Waals surface area contributed by atoms with Gasteiger partial charge in [0.05, 0.1) is 22.8 Å². The first-order chi connectivity index (χ1) is 14.9. The molecular weight excluding hydrogens is 412 g/mol. The maximum Gasteiger partial charge on any atom is 0.211 e. The number of aryl methyl sites for hydroxylation is 2. The van der Waals surface area contributed by atoms with E-state index >= 15 is 0 Å². The van der Waals surface area contributed by atoms with E-state index in [1.165, 1.54) is 0 Å². The van der Waals surface area contributed by atoms with Crippen molar-refractivity contribution in [3.63, 3.8) is 0 Å². The topological polar surface area (TPSA) is 91.8 Å². The summed E-state index contributed by atoms with van der Waals surface area (Å²) in [5.41, 5.74) is 3.91. The second-order valence-electron chi connectivity index (χ2n) is 7.35. The highest BCUT2D eigenvalue weighted by atomic mass is 35.5. The molecule has 0 spiro atoms. The molecule has 0 amide bonds. The van der Waals surface area contributed by atoms with Gasteiger partial charge in [-0.25, -0.2) is 4.98 Å². The number of halogens is 1. The van der Waals surface area contributed by atoms with E-state index in [-0.39, 0.29) is 22.8 Å². The predicted molar refractivity (Wildman–Crippen MR) is 121 cm³/mol. The molecule has 0 saturated carbocycles. The molecule has 4 aromatic rings. The molecule has 0 fully saturated rings. The third-order valence-electron chi connectivity index (χ3n) is 5.09. The van der Waals surface area contributed by atoms with E-state index in [0.29, 0.717) is 21.7 Å². The van der Waals surface area contributed by atoms with Crippen molar-refractivity contribution >= 4 is 28.3 Å². The van der Waals surface area contributed by atoms with Gasteiger partial charge in [0, 0.05) is 23.5 Å². The Kier molecular flexibility index (Phi) is 5.45. The van der Waals surface area contributed by atoms with Gasteiger partial charge in [0.1, 0.15) is 22.4 Å². The Morgan fingerprint density at radius 2 is 2.03 bits per heavy atom. The van der Waals surface area contributed by atoms with Crippen LogP contribution in [-0.2, 0) is 0 Å². The molecule has 6 nitrogen and oxygen atoms in total. The van der Waals surface area contributed by atoms with Gasteiger partial charge in [0.15, 0.2) is 5.76 Å². The Morgan fingerprint density at radius 1 is 1.23 bits per heavy atom. The van der Waals surface area contributed by atoms with E-state index in [1.54, 1.807) is 36.7 Å². The standard InChI is InChI=1S/C24H19ClN4O2/c1-13-9-17(14(2)28-20-6-7-21(25)29-15(20)3)24-18(10-13)22(30)19(11-26)23(31-24)16-5-4-8-27-12-16/h4-10,12,14,28H,1-3H3/t14-/m1/s1. The largest absolute Gasteiger partial charge is 0.454 e. The molecule has 3 aromatic heterocycles. The minimum Gasteiger partial charge on any atom is -0.454 e. The van der Waals surface area contributed by atoms with Crippen LogP contribution in [0.5, 0.6) is 0 Å². The summed E-state index contributed by atoms with van der Waals surface area (Å²) >= 11 is 5.97. The third-order valence-corrected chi connectivity index (χ3v) is 5.30. The fourth-order valence-electron chi connectivity index (χ4n) is 3.59. The number of anilines is 1. The van der Waals surface area contributed by atoms with E-state index in [4.69, 9.17) is 16.0 Å². The number of fused-ring (bicyclic) bond motifs is 1. The van der Waals surface area contributed by atoms with Crippen molar-refractivity contribution in [2.75, 3.05) is 5.32 Å². The number of aromatic nitrogens is 2. The molecule has 31 heavy (non-hydrogen) atoms. The summed E-state index contributed by atoms with van der Waals surface area (Å²) in [4.78, 5) is 21.5. The van der Waals surface area contributed by atoms with Gasteiger partial charge < -0.3 is 9.73 Å². The highest BCUT2D eigenvalue weighted by molar-refractivity contribution is 6.29. The van der Waals surface area contributed by atoms with E-state index in [2.05, 4.69) is 15.3 Å². The number of hydrogen-bond acceptors (Lipinski definition) is 6. The van der Waals surface area contributed by atoms with Crippen LogP contribution < -0.4 is 10.7 Å². The lowest BCUT2D eigenvalue weighted by Gasteiger charge is -2.19. The summed E-state index contributed by atoms with van der Waals surface area (Å²) in [6.07, 6.45) is 3.20. The van der Waals surface area contributed by atoms with Gasteiger partial charge in [0.25, 0.3) is 0 Å². The minimum absolute atomic E-state index is 0.0320. The first-order valence-corrected chi connectivity index (χ1v) is 10.1. The molecule has 0 aliphatic rings. The van der Waals surface area contributed by atoms with Crippen molar-refractivity contribution in [3.8, 4) is 17.4 Å². The monoisotopic (exact) mass is 430 g/mol. The van der Waals surface area contributed by atoms with Crippen LogP contribution in [0.2, 0.25) is 5.15 Å². The Balaban J connectivity index is 1.92. The second kappa shape index (κ2) is 8.21. The predicted octanol–water partition coefficient (Wildman–Crippen LogP) is 5.57. The lowest BCUT2D eigenvalue weighted by molar-refractivity contribution is 0.608. The Bertz CT molecular complexity index is 1390. The molecule has 7 heteroatoms. The lowest BCUT2D eigenvalue weighted by atomic mass is 9.99. The molecule has 0 radical (unpaired) electrons. The molecule has 4 rings (SSSR count). The first kappa shape index (κ1) is 20.6. The van der Waals surface area contributed by atoms with Crippen molar-refractivity contribution in [3.05, 3.63) is 86.6 Å². The number of rotatable bonds is 4. The van der Waals surface area contributed by atoms with Gasteiger partial charge in [-0.15, -0.1) is 0 Å². The Morgan fingerprint density at radius 3 is 2.71 bits per heavy atom. The van der Waals surface area contributed by atoms with Crippen LogP contribution in [0.3, 0.4) is 0 Å². The van der Waals surface area contributed by atoms with Crippen molar-refractivity contribution in [1.29, 1.82) is 5.26 Å². The first-order valence-electron chi connectivity index (χ1n) is 9.70. The maximum atomic E-state index is 13.2. The number of hydrogen-bond donors (Lipinski definition) is 1.